The monoisotopic (exact) mass is 445 g/mol. The number of thioether (sulfide) groups is 1. The number of sulfone groups is 1. The molecule has 0 saturated carbocycles. The van der Waals surface area contributed by atoms with Gasteiger partial charge in [-0.25, -0.2) is 21.1 Å². The van der Waals surface area contributed by atoms with Crippen LogP contribution in [0.2, 0.25) is 0 Å². The van der Waals surface area contributed by atoms with E-state index < -0.39 is 25.8 Å². The Morgan fingerprint density at radius 1 is 1.14 bits per heavy atom. The first-order valence-electron chi connectivity index (χ1n) is 8.34. The number of benzene rings is 1. The summed E-state index contributed by atoms with van der Waals surface area (Å²) in [7, 11) is -5.64. The van der Waals surface area contributed by atoms with Crippen LogP contribution in [0.1, 0.15) is 11.4 Å². The molecule has 0 aliphatic carbocycles. The number of hydrogen-bond acceptors (Lipinski definition) is 7. The Labute approximate surface area is 169 Å². The molecule has 0 bridgehead atoms. The Morgan fingerprint density at radius 2 is 1.75 bits per heavy atom. The van der Waals surface area contributed by atoms with Crippen molar-refractivity contribution in [1.82, 2.24) is 9.78 Å². The molecule has 0 atom stereocenters. The minimum atomic E-state index is -3.86. The fourth-order valence-corrected chi connectivity index (χ4v) is 6.38. The smallest absolute Gasteiger partial charge is 0.250 e. The summed E-state index contributed by atoms with van der Waals surface area (Å²) in [5, 5.41) is 4.16. The van der Waals surface area contributed by atoms with Crippen LogP contribution in [-0.4, -0.2) is 56.0 Å². The largest absolute Gasteiger partial charge is 0.272 e. The van der Waals surface area contributed by atoms with Crippen molar-refractivity contribution in [3.8, 4) is 0 Å². The molecule has 1 aromatic carbocycles. The highest BCUT2D eigenvalue weighted by atomic mass is 32.2. The first kappa shape index (κ1) is 22.4. The van der Waals surface area contributed by atoms with Crippen molar-refractivity contribution in [3.05, 3.63) is 41.7 Å². The molecular weight excluding hydrogens is 422 g/mol. The van der Waals surface area contributed by atoms with Crippen LogP contribution in [0.15, 0.2) is 35.2 Å². The second-order valence-electron chi connectivity index (χ2n) is 6.25. The molecule has 0 aliphatic heterocycles. The van der Waals surface area contributed by atoms with Crippen LogP contribution in [0.4, 0.5) is 5.69 Å². The number of carbonyl (C=O) groups excluding carboxylic acids is 1. The zero-order chi connectivity index (χ0) is 21.1. The number of amides is 1. The lowest BCUT2D eigenvalue weighted by molar-refractivity contribution is -0.115. The van der Waals surface area contributed by atoms with Crippen molar-refractivity contribution in [3.63, 3.8) is 0 Å². The minimum Gasteiger partial charge on any atom is -0.272 e. The molecule has 0 radical (unpaired) electrons. The summed E-state index contributed by atoms with van der Waals surface area (Å²) in [5.41, 5.74) is 1.22. The number of hydrogen-bond donors (Lipinski definition) is 0. The number of carbonyl (C=O) groups is 1. The van der Waals surface area contributed by atoms with E-state index in [2.05, 4.69) is 5.10 Å². The fraction of sp³-hybridized carbons (Fsp3) is 0.412. The molecule has 1 heterocycles. The number of sulfonamides is 1. The highest BCUT2D eigenvalue weighted by Crippen LogP contribution is 2.27. The standard InChI is InChI=1S/C17H23N3O5S3/c1-13-17(14(2)19(3)18-13)20(27(4,22)23)16(21)12-26-10-11-28(24,25)15-8-6-5-7-9-15/h5-9H,10-12H2,1-4H3. The number of aryl methyl sites for hydroxylation is 2. The van der Waals surface area contributed by atoms with Gasteiger partial charge in [0.2, 0.25) is 10.0 Å². The minimum absolute atomic E-state index is 0.140. The van der Waals surface area contributed by atoms with Crippen LogP contribution >= 0.6 is 11.8 Å². The predicted octanol–water partition coefficient (Wildman–Crippen LogP) is 1.54. The lowest BCUT2D eigenvalue weighted by Crippen LogP contribution is -2.38. The molecule has 0 N–H and O–H groups in total. The molecule has 8 nitrogen and oxygen atoms in total. The quantitative estimate of drug-likeness (QED) is 0.567. The summed E-state index contributed by atoms with van der Waals surface area (Å²) in [6.07, 6.45) is 0.960. The fourth-order valence-electron chi connectivity index (χ4n) is 2.66. The summed E-state index contributed by atoms with van der Waals surface area (Å²) in [5.74, 6) is -0.765. The van der Waals surface area contributed by atoms with Crippen LogP contribution < -0.4 is 4.31 Å². The SMILES string of the molecule is Cc1nn(C)c(C)c1N(C(=O)CSCCS(=O)(=O)c1ccccc1)S(C)(=O)=O. The molecule has 0 fully saturated rings. The second-order valence-corrected chi connectivity index (χ2v) is 11.3. The zero-order valence-corrected chi connectivity index (χ0v) is 18.6. The van der Waals surface area contributed by atoms with E-state index in [0.29, 0.717) is 11.4 Å². The molecule has 2 rings (SSSR count). The summed E-state index contributed by atoms with van der Waals surface area (Å²) >= 11 is 1.08. The van der Waals surface area contributed by atoms with Crippen LogP contribution in [0.25, 0.3) is 0 Å². The van der Waals surface area contributed by atoms with Crippen molar-refractivity contribution in [2.24, 2.45) is 7.05 Å². The van der Waals surface area contributed by atoms with Crippen molar-refractivity contribution in [2.75, 3.05) is 27.8 Å². The van der Waals surface area contributed by atoms with Gasteiger partial charge in [-0.2, -0.15) is 16.9 Å². The number of rotatable bonds is 8. The third-order valence-electron chi connectivity index (χ3n) is 4.06. The summed E-state index contributed by atoms with van der Waals surface area (Å²) in [6, 6.07) is 8.06. The van der Waals surface area contributed by atoms with Gasteiger partial charge in [0.1, 0.15) is 5.69 Å². The molecule has 2 aromatic rings. The Morgan fingerprint density at radius 3 is 2.25 bits per heavy atom. The van der Waals surface area contributed by atoms with Gasteiger partial charge in [0.05, 0.1) is 34.0 Å². The van der Waals surface area contributed by atoms with Gasteiger partial charge in [0, 0.05) is 12.8 Å². The van der Waals surface area contributed by atoms with E-state index in [4.69, 9.17) is 0 Å². The predicted molar refractivity (Wildman–Crippen MR) is 111 cm³/mol. The van der Waals surface area contributed by atoms with E-state index in [1.165, 1.54) is 16.8 Å². The Hall–Kier alpha value is -1.85. The maximum absolute atomic E-state index is 12.6. The Bertz CT molecular complexity index is 1060. The summed E-state index contributed by atoms with van der Waals surface area (Å²) in [4.78, 5) is 12.9. The normalized spacial score (nSPS) is 12.1. The van der Waals surface area contributed by atoms with Crippen molar-refractivity contribution in [2.45, 2.75) is 18.7 Å². The molecule has 0 spiro atoms. The number of aromatic nitrogens is 2. The van der Waals surface area contributed by atoms with Gasteiger partial charge in [-0.3, -0.25) is 9.48 Å². The van der Waals surface area contributed by atoms with Crippen molar-refractivity contribution < 1.29 is 21.6 Å². The highest BCUT2D eigenvalue weighted by molar-refractivity contribution is 8.01. The maximum Gasteiger partial charge on any atom is 0.250 e. The average molecular weight is 446 g/mol. The van der Waals surface area contributed by atoms with Gasteiger partial charge in [0.15, 0.2) is 9.84 Å². The van der Waals surface area contributed by atoms with E-state index in [1.54, 1.807) is 39.1 Å². The molecule has 0 aliphatic rings. The van der Waals surface area contributed by atoms with Gasteiger partial charge in [-0.05, 0) is 26.0 Å². The molecule has 28 heavy (non-hydrogen) atoms. The molecule has 1 aromatic heterocycles. The van der Waals surface area contributed by atoms with Gasteiger partial charge < -0.3 is 0 Å². The molecule has 0 saturated heterocycles. The lowest BCUT2D eigenvalue weighted by atomic mass is 10.3. The first-order chi connectivity index (χ1) is 12.9. The Balaban J connectivity index is 2.07. The molecule has 0 unspecified atom stereocenters. The molecule has 1 amide bonds. The van der Waals surface area contributed by atoms with Crippen LogP contribution in [0.5, 0.6) is 0 Å². The maximum atomic E-state index is 12.6. The van der Waals surface area contributed by atoms with Crippen LogP contribution in [0.3, 0.4) is 0 Å². The third-order valence-corrected chi connectivity index (χ3v) is 8.04. The van der Waals surface area contributed by atoms with E-state index in [1.807, 2.05) is 0 Å². The first-order valence-corrected chi connectivity index (χ1v) is 13.0. The van der Waals surface area contributed by atoms with Gasteiger partial charge in [-0.1, -0.05) is 18.2 Å². The van der Waals surface area contributed by atoms with E-state index >= 15 is 0 Å². The summed E-state index contributed by atoms with van der Waals surface area (Å²) < 4.78 is 51.3. The van der Waals surface area contributed by atoms with E-state index in [9.17, 15) is 21.6 Å². The molecular formula is C17H23N3O5S3. The van der Waals surface area contributed by atoms with Gasteiger partial charge in [0.25, 0.3) is 5.91 Å². The van der Waals surface area contributed by atoms with Gasteiger partial charge >= 0.3 is 0 Å². The summed E-state index contributed by atoms with van der Waals surface area (Å²) in [6.45, 7) is 3.31. The topological polar surface area (TPSA) is 106 Å². The Kier molecular flexibility index (Phi) is 6.94. The zero-order valence-electron chi connectivity index (χ0n) is 16.1. The molecule has 11 heteroatoms. The highest BCUT2D eigenvalue weighted by Gasteiger charge is 2.30. The van der Waals surface area contributed by atoms with Gasteiger partial charge in [-0.15, -0.1) is 0 Å². The third kappa shape index (κ3) is 5.15. The number of anilines is 1. The van der Waals surface area contributed by atoms with Crippen LogP contribution in [0, 0.1) is 13.8 Å². The molecule has 154 valence electrons. The van der Waals surface area contributed by atoms with E-state index in [0.717, 1.165) is 22.3 Å². The lowest BCUT2D eigenvalue weighted by Gasteiger charge is -2.20. The van der Waals surface area contributed by atoms with Crippen LogP contribution in [-0.2, 0) is 31.7 Å². The van der Waals surface area contributed by atoms with E-state index in [-0.39, 0.29) is 27.8 Å². The second kappa shape index (κ2) is 8.66. The number of nitrogens with zero attached hydrogens (tertiary/aromatic N) is 3. The average Bonchev–Trinajstić information content (AvgIpc) is 2.85. The van der Waals surface area contributed by atoms with Crippen molar-refractivity contribution >= 4 is 43.2 Å². The van der Waals surface area contributed by atoms with Crippen molar-refractivity contribution in [1.29, 1.82) is 0 Å².